The summed E-state index contributed by atoms with van der Waals surface area (Å²) in [6.45, 7) is 0. The number of pyridine rings is 1. The van der Waals surface area contributed by atoms with Crippen LogP contribution in [0.3, 0.4) is 0 Å². The van der Waals surface area contributed by atoms with Crippen LogP contribution in [-0.4, -0.2) is 4.98 Å². The van der Waals surface area contributed by atoms with Crippen LogP contribution in [0.15, 0.2) is 22.9 Å². The van der Waals surface area contributed by atoms with Crippen molar-refractivity contribution in [2.45, 2.75) is 38.0 Å². The van der Waals surface area contributed by atoms with E-state index in [9.17, 15) is 5.26 Å². The third-order valence-electron chi connectivity index (χ3n) is 4.05. The molecule has 1 fully saturated rings. The van der Waals surface area contributed by atoms with E-state index in [1.54, 1.807) is 11.3 Å². The Hall–Kier alpha value is -1.86. The molecular formula is C16H17N3S. The summed E-state index contributed by atoms with van der Waals surface area (Å²) in [6, 6.07) is 6.37. The minimum Gasteiger partial charge on any atom is -0.383 e. The van der Waals surface area contributed by atoms with Gasteiger partial charge >= 0.3 is 0 Å². The van der Waals surface area contributed by atoms with Crippen LogP contribution in [0.5, 0.6) is 0 Å². The molecule has 1 saturated carbocycles. The van der Waals surface area contributed by atoms with Gasteiger partial charge in [0, 0.05) is 10.9 Å². The molecule has 0 radical (unpaired) electrons. The highest BCUT2D eigenvalue weighted by molar-refractivity contribution is 7.08. The van der Waals surface area contributed by atoms with E-state index in [-0.39, 0.29) is 0 Å². The number of thiophene rings is 1. The van der Waals surface area contributed by atoms with Crippen LogP contribution in [0, 0.1) is 11.3 Å². The highest BCUT2D eigenvalue weighted by atomic mass is 32.1. The van der Waals surface area contributed by atoms with Gasteiger partial charge in [-0.1, -0.05) is 19.3 Å². The zero-order valence-corrected chi connectivity index (χ0v) is 12.1. The van der Waals surface area contributed by atoms with Crippen LogP contribution >= 0.6 is 11.3 Å². The molecule has 2 heterocycles. The summed E-state index contributed by atoms with van der Waals surface area (Å²) in [4.78, 5) is 4.40. The van der Waals surface area contributed by atoms with Gasteiger partial charge in [0.25, 0.3) is 0 Å². The van der Waals surface area contributed by atoms with Crippen molar-refractivity contribution >= 4 is 17.2 Å². The van der Waals surface area contributed by atoms with E-state index < -0.39 is 0 Å². The normalized spacial score (nSPS) is 15.9. The van der Waals surface area contributed by atoms with Crippen LogP contribution in [-0.2, 0) is 0 Å². The zero-order valence-electron chi connectivity index (χ0n) is 11.3. The van der Waals surface area contributed by atoms with Crippen LogP contribution in [0.1, 0.15) is 49.1 Å². The number of nitrogen functional groups attached to an aromatic ring is 1. The van der Waals surface area contributed by atoms with Crippen molar-refractivity contribution in [3.8, 4) is 17.3 Å². The SMILES string of the molecule is N#Cc1c(C2CCCCC2)cc(-c2ccsc2)nc1N. The van der Waals surface area contributed by atoms with Gasteiger partial charge in [0.05, 0.1) is 11.3 Å². The maximum atomic E-state index is 9.38. The van der Waals surface area contributed by atoms with Crippen LogP contribution in [0.2, 0.25) is 0 Å². The minimum atomic E-state index is 0.372. The van der Waals surface area contributed by atoms with E-state index in [1.165, 1.54) is 19.3 Å². The molecule has 0 atom stereocenters. The molecule has 0 aromatic carbocycles. The van der Waals surface area contributed by atoms with E-state index in [2.05, 4.69) is 22.5 Å². The van der Waals surface area contributed by atoms with Gasteiger partial charge in [0.1, 0.15) is 11.9 Å². The lowest BCUT2D eigenvalue weighted by atomic mass is 9.82. The molecule has 102 valence electrons. The number of nitriles is 1. The van der Waals surface area contributed by atoms with Crippen molar-refractivity contribution in [3.63, 3.8) is 0 Å². The summed E-state index contributed by atoms with van der Waals surface area (Å²) in [5.74, 6) is 0.831. The summed E-state index contributed by atoms with van der Waals surface area (Å²) in [5.41, 5.74) is 9.67. The first-order valence-corrected chi connectivity index (χ1v) is 7.97. The van der Waals surface area contributed by atoms with Gasteiger partial charge in [-0.2, -0.15) is 16.6 Å². The lowest BCUT2D eigenvalue weighted by Gasteiger charge is -2.23. The maximum absolute atomic E-state index is 9.38. The van der Waals surface area contributed by atoms with Crippen molar-refractivity contribution in [1.29, 1.82) is 5.26 Å². The predicted octanol–water partition coefficient (Wildman–Crippen LogP) is 4.31. The van der Waals surface area contributed by atoms with Gasteiger partial charge in [-0.15, -0.1) is 0 Å². The number of anilines is 1. The largest absolute Gasteiger partial charge is 0.383 e. The number of hydrogen-bond acceptors (Lipinski definition) is 4. The Morgan fingerprint density at radius 3 is 2.75 bits per heavy atom. The molecule has 0 bridgehead atoms. The predicted molar refractivity (Wildman–Crippen MR) is 82.5 cm³/mol. The topological polar surface area (TPSA) is 62.7 Å². The van der Waals surface area contributed by atoms with Gasteiger partial charge in [-0.3, -0.25) is 0 Å². The molecule has 0 aliphatic heterocycles. The van der Waals surface area contributed by atoms with Crippen LogP contribution < -0.4 is 5.73 Å². The summed E-state index contributed by atoms with van der Waals surface area (Å²) < 4.78 is 0. The molecular weight excluding hydrogens is 266 g/mol. The van der Waals surface area contributed by atoms with E-state index in [1.807, 2.05) is 11.4 Å². The number of hydrogen-bond donors (Lipinski definition) is 1. The highest BCUT2D eigenvalue weighted by Gasteiger charge is 2.21. The minimum absolute atomic E-state index is 0.372. The molecule has 0 unspecified atom stereocenters. The van der Waals surface area contributed by atoms with E-state index in [0.717, 1.165) is 29.7 Å². The number of aromatic nitrogens is 1. The molecule has 0 spiro atoms. The number of nitrogens with two attached hydrogens (primary N) is 1. The second kappa shape index (κ2) is 5.64. The number of nitrogens with zero attached hydrogens (tertiary/aromatic N) is 2. The van der Waals surface area contributed by atoms with Crippen LogP contribution in [0.4, 0.5) is 5.82 Å². The van der Waals surface area contributed by atoms with Crippen molar-refractivity contribution in [3.05, 3.63) is 34.0 Å². The van der Waals surface area contributed by atoms with Gasteiger partial charge in [-0.25, -0.2) is 4.98 Å². The molecule has 1 aliphatic rings. The molecule has 4 heteroatoms. The first-order valence-electron chi connectivity index (χ1n) is 7.02. The number of rotatable bonds is 2. The molecule has 0 amide bonds. The van der Waals surface area contributed by atoms with Gasteiger partial charge in [0.2, 0.25) is 0 Å². The average Bonchev–Trinajstić information content (AvgIpc) is 3.01. The van der Waals surface area contributed by atoms with Crippen molar-refractivity contribution in [1.82, 2.24) is 4.98 Å². The standard InChI is InChI=1S/C16H17N3S/c17-9-14-13(11-4-2-1-3-5-11)8-15(19-16(14)18)12-6-7-20-10-12/h6-8,10-11H,1-5H2,(H2,18,19). The fraction of sp³-hybridized carbons (Fsp3) is 0.375. The van der Waals surface area contributed by atoms with Crippen molar-refractivity contribution < 1.29 is 0 Å². The fourth-order valence-corrected chi connectivity index (χ4v) is 3.65. The molecule has 20 heavy (non-hydrogen) atoms. The molecule has 2 N–H and O–H groups in total. The van der Waals surface area contributed by atoms with Gasteiger partial charge in [0.15, 0.2) is 0 Å². The monoisotopic (exact) mass is 283 g/mol. The Kier molecular flexibility index (Phi) is 3.70. The summed E-state index contributed by atoms with van der Waals surface area (Å²) >= 11 is 1.65. The van der Waals surface area contributed by atoms with Crippen LogP contribution in [0.25, 0.3) is 11.3 Å². The molecule has 2 aromatic rings. The Morgan fingerprint density at radius 1 is 1.30 bits per heavy atom. The Balaban J connectivity index is 2.08. The Labute approximate surface area is 123 Å². The van der Waals surface area contributed by atoms with Gasteiger partial charge < -0.3 is 5.73 Å². The van der Waals surface area contributed by atoms with Gasteiger partial charge in [-0.05, 0) is 41.8 Å². The molecule has 2 aromatic heterocycles. The average molecular weight is 283 g/mol. The Morgan fingerprint density at radius 2 is 2.10 bits per heavy atom. The third kappa shape index (κ3) is 2.41. The van der Waals surface area contributed by atoms with E-state index >= 15 is 0 Å². The summed E-state index contributed by atoms with van der Waals surface area (Å²) in [6.07, 6.45) is 6.09. The van der Waals surface area contributed by atoms with Crippen molar-refractivity contribution in [2.75, 3.05) is 5.73 Å². The summed E-state index contributed by atoms with van der Waals surface area (Å²) in [5, 5.41) is 13.5. The molecule has 3 nitrogen and oxygen atoms in total. The third-order valence-corrected chi connectivity index (χ3v) is 4.73. The lowest BCUT2D eigenvalue weighted by molar-refractivity contribution is 0.443. The fourth-order valence-electron chi connectivity index (χ4n) is 3.00. The van der Waals surface area contributed by atoms with Crippen molar-refractivity contribution in [2.24, 2.45) is 0 Å². The quantitative estimate of drug-likeness (QED) is 0.893. The molecule has 1 aliphatic carbocycles. The van der Waals surface area contributed by atoms with E-state index in [0.29, 0.717) is 17.3 Å². The summed E-state index contributed by atoms with van der Waals surface area (Å²) in [7, 11) is 0. The second-order valence-corrected chi connectivity index (χ2v) is 6.10. The highest BCUT2D eigenvalue weighted by Crippen LogP contribution is 2.37. The lowest BCUT2D eigenvalue weighted by Crippen LogP contribution is -2.09. The molecule has 3 rings (SSSR count). The Bertz CT molecular complexity index is 634. The smallest absolute Gasteiger partial charge is 0.142 e. The first-order chi connectivity index (χ1) is 9.79. The first kappa shape index (κ1) is 13.1. The maximum Gasteiger partial charge on any atom is 0.142 e. The van der Waals surface area contributed by atoms with E-state index in [4.69, 9.17) is 5.73 Å². The molecule has 0 saturated heterocycles. The second-order valence-electron chi connectivity index (χ2n) is 5.32. The zero-order chi connectivity index (χ0) is 13.9.